The van der Waals surface area contributed by atoms with Crippen LogP contribution in [-0.2, 0) is 4.79 Å². The van der Waals surface area contributed by atoms with Gasteiger partial charge in [0.05, 0.1) is 11.1 Å². The Morgan fingerprint density at radius 2 is 2.00 bits per heavy atom. The normalized spacial score (nSPS) is 22.5. The second kappa shape index (κ2) is 4.19. The summed E-state index contributed by atoms with van der Waals surface area (Å²) < 4.78 is 0. The number of nitrogens with one attached hydrogen (secondary N) is 1. The van der Waals surface area contributed by atoms with E-state index in [0.717, 1.165) is 16.9 Å². The van der Waals surface area contributed by atoms with E-state index < -0.39 is 6.04 Å². The van der Waals surface area contributed by atoms with Gasteiger partial charge < -0.3 is 5.32 Å². The van der Waals surface area contributed by atoms with Crippen LogP contribution in [0, 0.1) is 6.92 Å². The van der Waals surface area contributed by atoms with E-state index in [4.69, 9.17) is 0 Å². The molecule has 0 spiro atoms. The number of benzene rings is 1. The first-order chi connectivity index (χ1) is 9.11. The van der Waals surface area contributed by atoms with E-state index in [2.05, 4.69) is 5.32 Å². The molecule has 0 bridgehead atoms. The summed E-state index contributed by atoms with van der Waals surface area (Å²) in [4.78, 5) is 37.7. The highest BCUT2D eigenvalue weighted by molar-refractivity contribution is 6.23. The molecule has 3 rings (SSSR count). The van der Waals surface area contributed by atoms with Gasteiger partial charge in [0.25, 0.3) is 11.8 Å². The summed E-state index contributed by atoms with van der Waals surface area (Å²) >= 11 is 0. The molecule has 1 unspecified atom stereocenters. The number of nitrogens with zero attached hydrogens (tertiary/aromatic N) is 1. The summed E-state index contributed by atoms with van der Waals surface area (Å²) in [5.74, 6) is -0.940. The highest BCUT2D eigenvalue weighted by Crippen LogP contribution is 2.29. The van der Waals surface area contributed by atoms with Crippen LogP contribution in [0.3, 0.4) is 0 Å². The van der Waals surface area contributed by atoms with Crippen molar-refractivity contribution >= 4 is 17.7 Å². The molecule has 1 aromatic carbocycles. The zero-order valence-corrected chi connectivity index (χ0v) is 10.6. The van der Waals surface area contributed by atoms with Crippen LogP contribution in [0.5, 0.6) is 0 Å². The first-order valence-electron chi connectivity index (χ1n) is 6.36. The van der Waals surface area contributed by atoms with Crippen molar-refractivity contribution < 1.29 is 14.4 Å². The lowest BCUT2D eigenvalue weighted by Crippen LogP contribution is -2.52. The van der Waals surface area contributed by atoms with Gasteiger partial charge in [0.2, 0.25) is 5.91 Å². The maximum atomic E-state index is 12.4. The van der Waals surface area contributed by atoms with Gasteiger partial charge in [-0.05, 0) is 31.4 Å². The molecule has 2 aliphatic heterocycles. The number of imide groups is 1. The number of carbonyl (C=O) groups excluding carboxylic acids is 3. The molecule has 1 aromatic rings. The smallest absolute Gasteiger partial charge is 0.262 e. The summed E-state index contributed by atoms with van der Waals surface area (Å²) in [6.07, 6.45) is 1.32. The van der Waals surface area contributed by atoms with Crippen LogP contribution in [-0.4, -0.2) is 35.2 Å². The van der Waals surface area contributed by atoms with E-state index in [1.807, 2.05) is 0 Å². The van der Waals surface area contributed by atoms with E-state index in [1.54, 1.807) is 25.1 Å². The molecule has 1 fully saturated rings. The maximum Gasteiger partial charge on any atom is 0.262 e. The van der Waals surface area contributed by atoms with Crippen molar-refractivity contribution in [3.05, 3.63) is 34.9 Å². The SMILES string of the molecule is Cc1cccc2c1C(=O)N(C1CCCNC1=O)C2=O. The summed E-state index contributed by atoms with van der Waals surface area (Å²) in [5.41, 5.74) is 1.61. The fraction of sp³-hybridized carbons (Fsp3) is 0.357. The third-order valence-electron chi connectivity index (χ3n) is 3.72. The van der Waals surface area contributed by atoms with E-state index in [0.29, 0.717) is 24.1 Å². The Morgan fingerprint density at radius 1 is 1.21 bits per heavy atom. The average Bonchev–Trinajstić information content (AvgIpc) is 2.64. The Kier molecular flexibility index (Phi) is 2.62. The van der Waals surface area contributed by atoms with E-state index in [1.165, 1.54) is 0 Å². The van der Waals surface area contributed by atoms with Gasteiger partial charge in [-0.3, -0.25) is 19.3 Å². The quantitative estimate of drug-likeness (QED) is 0.760. The number of hydrogen-bond acceptors (Lipinski definition) is 3. The molecule has 2 aliphatic rings. The predicted molar refractivity (Wildman–Crippen MR) is 67.7 cm³/mol. The minimum absolute atomic E-state index is 0.238. The number of hydrogen-bond donors (Lipinski definition) is 1. The van der Waals surface area contributed by atoms with Gasteiger partial charge >= 0.3 is 0 Å². The Morgan fingerprint density at radius 3 is 2.68 bits per heavy atom. The van der Waals surface area contributed by atoms with Gasteiger partial charge in [-0.25, -0.2) is 0 Å². The lowest BCUT2D eigenvalue weighted by molar-refractivity contribution is -0.126. The summed E-state index contributed by atoms with van der Waals surface area (Å²) in [7, 11) is 0. The van der Waals surface area contributed by atoms with E-state index in [-0.39, 0.29) is 17.7 Å². The molecular formula is C14H14N2O3. The molecule has 19 heavy (non-hydrogen) atoms. The highest BCUT2D eigenvalue weighted by atomic mass is 16.2. The van der Waals surface area contributed by atoms with Crippen LogP contribution in [0.4, 0.5) is 0 Å². The Bertz CT molecular complexity index is 594. The molecule has 3 amide bonds. The van der Waals surface area contributed by atoms with Crippen LogP contribution >= 0.6 is 0 Å². The standard InChI is InChI=1S/C14H14N2O3/c1-8-4-2-5-9-11(8)14(19)16(13(9)18)10-6-3-7-15-12(10)17/h2,4-5,10H,3,6-7H2,1H3,(H,15,17). The summed E-state index contributed by atoms with van der Waals surface area (Å²) in [6, 6.07) is 4.53. The lowest BCUT2D eigenvalue weighted by Gasteiger charge is -2.28. The molecule has 5 nitrogen and oxygen atoms in total. The number of fused-ring (bicyclic) bond motifs is 1. The zero-order valence-electron chi connectivity index (χ0n) is 10.6. The molecule has 0 radical (unpaired) electrons. The van der Waals surface area contributed by atoms with Crippen molar-refractivity contribution in [2.24, 2.45) is 0 Å². The minimum atomic E-state index is -0.666. The summed E-state index contributed by atoms with van der Waals surface area (Å²) in [6.45, 7) is 2.41. The fourth-order valence-corrected chi connectivity index (χ4v) is 2.76. The second-order valence-corrected chi connectivity index (χ2v) is 4.93. The second-order valence-electron chi connectivity index (χ2n) is 4.93. The molecule has 0 aromatic heterocycles. The first-order valence-corrected chi connectivity index (χ1v) is 6.36. The van der Waals surface area contributed by atoms with Gasteiger partial charge in [-0.1, -0.05) is 12.1 Å². The fourth-order valence-electron chi connectivity index (χ4n) is 2.76. The molecule has 5 heteroatoms. The Hall–Kier alpha value is -2.17. The Labute approximate surface area is 110 Å². The van der Waals surface area contributed by atoms with Crippen LogP contribution in [0.15, 0.2) is 18.2 Å². The van der Waals surface area contributed by atoms with Gasteiger partial charge in [0.1, 0.15) is 6.04 Å². The molecule has 98 valence electrons. The molecule has 1 atom stereocenters. The predicted octanol–water partition coefficient (Wildman–Crippen LogP) is 0.870. The van der Waals surface area contributed by atoms with Crippen LogP contribution in [0.2, 0.25) is 0 Å². The molecule has 0 saturated carbocycles. The van der Waals surface area contributed by atoms with Gasteiger partial charge in [0.15, 0.2) is 0 Å². The van der Waals surface area contributed by atoms with E-state index >= 15 is 0 Å². The zero-order chi connectivity index (χ0) is 13.6. The molecule has 1 saturated heterocycles. The first kappa shape index (κ1) is 11.9. The minimum Gasteiger partial charge on any atom is -0.354 e. The molecule has 1 N–H and O–H groups in total. The topological polar surface area (TPSA) is 66.5 Å². The average molecular weight is 258 g/mol. The van der Waals surface area contributed by atoms with E-state index in [9.17, 15) is 14.4 Å². The third kappa shape index (κ3) is 1.65. The number of rotatable bonds is 1. The molecular weight excluding hydrogens is 244 g/mol. The van der Waals surface area contributed by atoms with Gasteiger partial charge in [0, 0.05) is 6.54 Å². The molecule has 2 heterocycles. The van der Waals surface area contributed by atoms with Crippen molar-refractivity contribution in [2.75, 3.05) is 6.54 Å². The monoisotopic (exact) mass is 258 g/mol. The van der Waals surface area contributed by atoms with Gasteiger partial charge in [-0.2, -0.15) is 0 Å². The van der Waals surface area contributed by atoms with Gasteiger partial charge in [-0.15, -0.1) is 0 Å². The molecule has 0 aliphatic carbocycles. The van der Waals surface area contributed by atoms with Crippen LogP contribution in [0.25, 0.3) is 0 Å². The van der Waals surface area contributed by atoms with Crippen molar-refractivity contribution in [1.29, 1.82) is 0 Å². The van der Waals surface area contributed by atoms with Crippen LogP contribution in [0.1, 0.15) is 39.1 Å². The number of piperidine rings is 1. The lowest BCUT2D eigenvalue weighted by atomic mass is 10.0. The highest BCUT2D eigenvalue weighted by Gasteiger charge is 2.43. The van der Waals surface area contributed by atoms with Crippen molar-refractivity contribution in [3.63, 3.8) is 0 Å². The Balaban J connectivity index is 2.03. The van der Waals surface area contributed by atoms with Crippen molar-refractivity contribution in [3.8, 4) is 0 Å². The number of carbonyl (C=O) groups is 3. The van der Waals surface area contributed by atoms with Crippen LogP contribution < -0.4 is 5.32 Å². The van der Waals surface area contributed by atoms with Crippen molar-refractivity contribution in [1.82, 2.24) is 10.2 Å². The number of amides is 3. The van der Waals surface area contributed by atoms with Crippen molar-refractivity contribution in [2.45, 2.75) is 25.8 Å². The largest absolute Gasteiger partial charge is 0.354 e. The maximum absolute atomic E-state index is 12.4. The third-order valence-corrected chi connectivity index (χ3v) is 3.72. The summed E-state index contributed by atoms with van der Waals surface area (Å²) in [5, 5.41) is 2.71. The number of aryl methyl sites for hydroxylation is 1.